The molecule has 0 fully saturated rings. The first-order valence-electron chi connectivity index (χ1n) is 8.91. The van der Waals surface area contributed by atoms with Gasteiger partial charge >= 0.3 is 0 Å². The summed E-state index contributed by atoms with van der Waals surface area (Å²) in [6.07, 6.45) is -0.875. The summed E-state index contributed by atoms with van der Waals surface area (Å²) in [7, 11) is 0. The molecule has 1 N–H and O–H groups in total. The van der Waals surface area contributed by atoms with Gasteiger partial charge in [0.2, 0.25) is 5.43 Å². The highest BCUT2D eigenvalue weighted by Gasteiger charge is 2.18. The Bertz CT molecular complexity index is 1350. The summed E-state index contributed by atoms with van der Waals surface area (Å²) in [5, 5.41) is 3.84. The second-order valence-corrected chi connectivity index (χ2v) is 7.43. The molecular weight excluding hydrogens is 432 g/mol. The van der Waals surface area contributed by atoms with Crippen LogP contribution in [0.4, 0.5) is 10.1 Å². The molecule has 0 aliphatic heterocycles. The van der Waals surface area contributed by atoms with Gasteiger partial charge in [0.05, 0.1) is 15.8 Å². The molecule has 0 aliphatic carbocycles. The third-order valence-electron chi connectivity index (χ3n) is 4.48. The average molecular weight is 446 g/mol. The van der Waals surface area contributed by atoms with Crippen LogP contribution in [-0.4, -0.2) is 12.0 Å². The molecule has 1 amide bonds. The van der Waals surface area contributed by atoms with E-state index >= 15 is 0 Å². The van der Waals surface area contributed by atoms with Crippen LogP contribution in [0.1, 0.15) is 6.92 Å². The number of hydrogen-bond donors (Lipinski definition) is 1. The highest BCUT2D eigenvalue weighted by Crippen LogP contribution is 2.29. The Morgan fingerprint density at radius 2 is 1.90 bits per heavy atom. The first-order chi connectivity index (χ1) is 14.3. The van der Waals surface area contributed by atoms with Crippen molar-refractivity contribution in [2.75, 3.05) is 5.32 Å². The highest BCUT2D eigenvalue weighted by molar-refractivity contribution is 6.35. The van der Waals surface area contributed by atoms with Gasteiger partial charge in [0.1, 0.15) is 11.3 Å². The molecule has 8 heteroatoms. The number of benzene rings is 3. The first kappa shape index (κ1) is 20.2. The number of anilines is 1. The molecule has 4 rings (SSSR count). The number of ether oxygens (including phenoxy) is 1. The molecule has 1 unspecified atom stereocenters. The molecule has 1 atom stereocenters. The van der Waals surface area contributed by atoms with Gasteiger partial charge in [-0.2, -0.15) is 0 Å². The number of fused-ring (bicyclic) bond motifs is 2. The normalized spacial score (nSPS) is 12.1. The van der Waals surface area contributed by atoms with Gasteiger partial charge in [-0.25, -0.2) is 4.39 Å². The zero-order chi connectivity index (χ0) is 21.4. The lowest BCUT2D eigenvalue weighted by atomic mass is 10.1. The zero-order valence-electron chi connectivity index (χ0n) is 15.5. The Labute approximate surface area is 180 Å². The van der Waals surface area contributed by atoms with Crippen LogP contribution in [0.25, 0.3) is 21.9 Å². The monoisotopic (exact) mass is 445 g/mol. The van der Waals surface area contributed by atoms with Crippen LogP contribution >= 0.6 is 23.2 Å². The maximum atomic E-state index is 14.0. The molecular formula is C22H14Cl2FNO4. The van der Waals surface area contributed by atoms with Crippen molar-refractivity contribution in [1.82, 2.24) is 0 Å². The van der Waals surface area contributed by atoms with Gasteiger partial charge in [0.15, 0.2) is 17.5 Å². The van der Waals surface area contributed by atoms with Gasteiger partial charge in [-0.15, -0.1) is 0 Å². The van der Waals surface area contributed by atoms with Crippen LogP contribution in [0.5, 0.6) is 5.75 Å². The third-order valence-corrected chi connectivity index (χ3v) is 5.01. The topological polar surface area (TPSA) is 68.5 Å². The van der Waals surface area contributed by atoms with Crippen LogP contribution in [-0.2, 0) is 4.79 Å². The van der Waals surface area contributed by atoms with Crippen molar-refractivity contribution in [1.29, 1.82) is 0 Å². The maximum Gasteiger partial charge on any atom is 0.265 e. The minimum absolute atomic E-state index is 0.132. The number of hydrogen-bond acceptors (Lipinski definition) is 4. The zero-order valence-corrected chi connectivity index (χ0v) is 17.1. The smallest absolute Gasteiger partial charge is 0.265 e. The van der Waals surface area contributed by atoms with Crippen molar-refractivity contribution in [3.8, 4) is 5.75 Å². The molecule has 0 bridgehead atoms. The first-order valence-corrected chi connectivity index (χ1v) is 9.67. The van der Waals surface area contributed by atoms with Crippen molar-refractivity contribution in [3.05, 3.63) is 80.7 Å². The number of para-hydroxylation sites is 1. The molecule has 152 valence electrons. The van der Waals surface area contributed by atoms with E-state index in [0.717, 1.165) is 0 Å². The summed E-state index contributed by atoms with van der Waals surface area (Å²) < 4.78 is 25.2. The second kappa shape index (κ2) is 7.97. The van der Waals surface area contributed by atoms with Gasteiger partial charge in [-0.3, -0.25) is 9.59 Å². The number of carbonyl (C=O) groups excluding carboxylic acids is 1. The van der Waals surface area contributed by atoms with E-state index in [4.69, 9.17) is 32.4 Å². The van der Waals surface area contributed by atoms with Gasteiger partial charge < -0.3 is 14.5 Å². The number of amides is 1. The maximum absolute atomic E-state index is 14.0. The van der Waals surface area contributed by atoms with E-state index < -0.39 is 17.8 Å². The molecule has 30 heavy (non-hydrogen) atoms. The quantitative estimate of drug-likeness (QED) is 0.403. The largest absolute Gasteiger partial charge is 0.479 e. The summed E-state index contributed by atoms with van der Waals surface area (Å²) in [6.45, 7) is 1.56. The lowest BCUT2D eigenvalue weighted by molar-refractivity contribution is -0.122. The Morgan fingerprint density at radius 3 is 2.67 bits per heavy atom. The summed E-state index contributed by atoms with van der Waals surface area (Å²) in [5.41, 5.74) is 0.0407. The van der Waals surface area contributed by atoms with Crippen LogP contribution in [0.3, 0.4) is 0 Å². The molecule has 1 heterocycles. The fourth-order valence-electron chi connectivity index (χ4n) is 2.98. The Morgan fingerprint density at radius 1 is 1.10 bits per heavy atom. The minimum Gasteiger partial charge on any atom is -0.479 e. The van der Waals surface area contributed by atoms with E-state index in [2.05, 4.69) is 5.32 Å². The molecule has 0 aliphatic rings. The van der Waals surface area contributed by atoms with Crippen molar-refractivity contribution in [2.45, 2.75) is 13.0 Å². The van der Waals surface area contributed by atoms with Crippen LogP contribution < -0.4 is 15.5 Å². The standard InChI is InChI=1S/C22H14Cl2FNO4/c1-11(29-18-8-5-12(23)9-16(18)24)22(28)26-13-6-7-14-19(10-13)30-21-15(20(14)27)3-2-4-17(21)25/h2-11H,1H3,(H,26,28). The SMILES string of the molecule is CC(Oc1ccc(Cl)cc1Cl)C(=O)Nc1ccc2c(=O)c3cccc(F)c3oc2c1. The fraction of sp³-hybridized carbons (Fsp3) is 0.0909. The predicted molar refractivity (Wildman–Crippen MR) is 115 cm³/mol. The van der Waals surface area contributed by atoms with Crippen LogP contribution in [0, 0.1) is 5.82 Å². The Balaban J connectivity index is 1.60. The summed E-state index contributed by atoms with van der Waals surface area (Å²) in [5.74, 6) is -0.771. The average Bonchev–Trinajstić information content (AvgIpc) is 2.71. The van der Waals surface area contributed by atoms with Gasteiger partial charge in [0.25, 0.3) is 5.91 Å². The lowest BCUT2D eigenvalue weighted by Crippen LogP contribution is -2.30. The van der Waals surface area contributed by atoms with Crippen molar-refractivity contribution < 1.29 is 18.3 Å². The van der Waals surface area contributed by atoms with E-state index in [9.17, 15) is 14.0 Å². The van der Waals surface area contributed by atoms with E-state index in [-0.39, 0.29) is 32.4 Å². The van der Waals surface area contributed by atoms with Gasteiger partial charge in [0, 0.05) is 16.8 Å². The fourth-order valence-corrected chi connectivity index (χ4v) is 3.43. The third kappa shape index (κ3) is 3.84. The molecule has 0 radical (unpaired) electrons. The van der Waals surface area contributed by atoms with Gasteiger partial charge in [-0.1, -0.05) is 29.3 Å². The molecule has 0 saturated carbocycles. The molecule has 5 nitrogen and oxygen atoms in total. The van der Waals surface area contributed by atoms with Crippen molar-refractivity contribution in [2.24, 2.45) is 0 Å². The summed E-state index contributed by atoms with van der Waals surface area (Å²) >= 11 is 11.9. The summed E-state index contributed by atoms with van der Waals surface area (Å²) in [4.78, 5) is 25.1. The van der Waals surface area contributed by atoms with Crippen LogP contribution in [0.15, 0.2) is 63.8 Å². The lowest BCUT2D eigenvalue weighted by Gasteiger charge is -2.16. The van der Waals surface area contributed by atoms with Crippen molar-refractivity contribution in [3.63, 3.8) is 0 Å². The predicted octanol–water partition coefficient (Wildman–Crippen LogP) is 5.80. The molecule has 0 saturated heterocycles. The summed E-state index contributed by atoms with van der Waals surface area (Å²) in [6, 6.07) is 13.4. The van der Waals surface area contributed by atoms with E-state index in [1.807, 2.05) is 0 Å². The van der Waals surface area contributed by atoms with E-state index in [0.29, 0.717) is 16.5 Å². The number of carbonyl (C=O) groups is 1. The van der Waals surface area contributed by atoms with Crippen LogP contribution in [0.2, 0.25) is 10.0 Å². The van der Waals surface area contributed by atoms with Gasteiger partial charge in [-0.05, 0) is 49.4 Å². The molecule has 0 spiro atoms. The van der Waals surface area contributed by atoms with Crippen molar-refractivity contribution >= 4 is 56.7 Å². The molecule has 3 aromatic carbocycles. The second-order valence-electron chi connectivity index (χ2n) is 6.58. The minimum atomic E-state index is -0.875. The number of rotatable bonds is 4. The molecule has 1 aromatic heterocycles. The highest BCUT2D eigenvalue weighted by atomic mass is 35.5. The molecule has 4 aromatic rings. The Hall–Kier alpha value is -3.09. The number of nitrogens with one attached hydrogen (secondary N) is 1. The van der Waals surface area contributed by atoms with E-state index in [1.165, 1.54) is 36.4 Å². The van der Waals surface area contributed by atoms with E-state index in [1.54, 1.807) is 25.1 Å². The number of halogens is 3. The Kier molecular flexibility index (Phi) is 5.37.